The monoisotopic (exact) mass is 154 g/mol. The van der Waals surface area contributed by atoms with Crippen molar-refractivity contribution in [2.45, 2.75) is 19.9 Å². The zero-order valence-corrected chi connectivity index (χ0v) is 7.75. The molecule has 0 unspecified atom stereocenters. The van der Waals surface area contributed by atoms with Gasteiger partial charge in [0.2, 0.25) is 0 Å². The smallest absolute Gasteiger partial charge is 0.0511 e. The Morgan fingerprint density at radius 1 is 1.18 bits per heavy atom. The number of nitrogens with zero attached hydrogens (tertiary/aromatic N) is 2. The van der Waals surface area contributed by atoms with Crippen LogP contribution in [0.15, 0.2) is 12.2 Å². The van der Waals surface area contributed by atoms with E-state index in [0.29, 0.717) is 6.04 Å². The van der Waals surface area contributed by atoms with Gasteiger partial charge in [0, 0.05) is 19.1 Å². The quantitative estimate of drug-likeness (QED) is 0.523. The molecule has 1 rings (SSSR count). The summed E-state index contributed by atoms with van der Waals surface area (Å²) in [6.07, 6.45) is 4.49. The first kappa shape index (κ1) is 8.75. The highest BCUT2D eigenvalue weighted by Gasteiger charge is 2.11. The molecule has 11 heavy (non-hydrogen) atoms. The van der Waals surface area contributed by atoms with Crippen molar-refractivity contribution in [1.29, 1.82) is 0 Å². The van der Waals surface area contributed by atoms with Crippen molar-refractivity contribution in [2.75, 3.05) is 26.8 Å². The van der Waals surface area contributed by atoms with Gasteiger partial charge < -0.3 is 0 Å². The molecule has 2 nitrogen and oxygen atoms in total. The van der Waals surface area contributed by atoms with E-state index in [2.05, 4.69) is 42.8 Å². The number of hydrogen-bond donors (Lipinski definition) is 0. The number of hydrogen-bond acceptors (Lipinski definition) is 2. The lowest BCUT2D eigenvalue weighted by molar-refractivity contribution is 0.153. The van der Waals surface area contributed by atoms with Gasteiger partial charge in [-0.15, -0.1) is 0 Å². The first-order chi connectivity index (χ1) is 5.20. The molecular weight excluding hydrogens is 136 g/mol. The minimum absolute atomic E-state index is 0.653. The third-order valence-corrected chi connectivity index (χ3v) is 2.08. The fourth-order valence-electron chi connectivity index (χ4n) is 1.26. The van der Waals surface area contributed by atoms with Crippen LogP contribution in [0.4, 0.5) is 0 Å². The summed E-state index contributed by atoms with van der Waals surface area (Å²) in [6.45, 7) is 7.76. The van der Waals surface area contributed by atoms with E-state index in [1.54, 1.807) is 0 Å². The van der Waals surface area contributed by atoms with E-state index in [4.69, 9.17) is 0 Å². The van der Waals surface area contributed by atoms with Crippen LogP contribution < -0.4 is 0 Å². The molecule has 0 bridgehead atoms. The lowest BCUT2D eigenvalue weighted by Gasteiger charge is -2.27. The second kappa shape index (κ2) is 3.88. The molecule has 0 atom stereocenters. The van der Waals surface area contributed by atoms with Gasteiger partial charge in [-0.05, 0) is 20.9 Å². The normalized spacial score (nSPS) is 22.5. The molecule has 0 fully saturated rings. The third kappa shape index (κ3) is 2.64. The summed E-state index contributed by atoms with van der Waals surface area (Å²) in [6, 6.07) is 0.653. The van der Waals surface area contributed by atoms with Crippen molar-refractivity contribution in [3.63, 3.8) is 0 Å². The second-order valence-electron chi connectivity index (χ2n) is 3.52. The molecule has 0 saturated heterocycles. The maximum Gasteiger partial charge on any atom is 0.0511 e. The maximum absolute atomic E-state index is 2.45. The topological polar surface area (TPSA) is 6.48 Å². The van der Waals surface area contributed by atoms with Crippen molar-refractivity contribution in [1.82, 2.24) is 9.80 Å². The molecule has 0 amide bonds. The number of rotatable bonds is 1. The highest BCUT2D eigenvalue weighted by atomic mass is 15.3. The van der Waals surface area contributed by atoms with Gasteiger partial charge in [-0.1, -0.05) is 12.2 Å². The van der Waals surface area contributed by atoms with Crippen LogP contribution in [-0.4, -0.2) is 42.6 Å². The summed E-state index contributed by atoms with van der Waals surface area (Å²) in [5.74, 6) is 0. The minimum atomic E-state index is 0.653. The summed E-state index contributed by atoms with van der Waals surface area (Å²) in [5, 5.41) is 0. The molecule has 2 heteroatoms. The van der Waals surface area contributed by atoms with E-state index in [0.717, 1.165) is 19.8 Å². The molecule has 0 radical (unpaired) electrons. The maximum atomic E-state index is 2.45. The molecule has 1 aliphatic rings. The van der Waals surface area contributed by atoms with Gasteiger partial charge in [0.1, 0.15) is 0 Å². The summed E-state index contributed by atoms with van der Waals surface area (Å²) < 4.78 is 0. The van der Waals surface area contributed by atoms with Gasteiger partial charge in [0.25, 0.3) is 0 Å². The molecule has 0 aromatic rings. The third-order valence-electron chi connectivity index (χ3n) is 2.08. The Balaban J connectivity index is 2.47. The highest BCUT2D eigenvalue weighted by molar-refractivity contribution is 4.90. The average Bonchev–Trinajstić information content (AvgIpc) is 2.13. The lowest BCUT2D eigenvalue weighted by Crippen LogP contribution is -2.38. The molecule has 0 aromatic heterocycles. The summed E-state index contributed by atoms with van der Waals surface area (Å²) in [5.41, 5.74) is 0. The fraction of sp³-hybridized carbons (Fsp3) is 0.778. The van der Waals surface area contributed by atoms with E-state index in [-0.39, 0.29) is 0 Å². The molecule has 1 heterocycles. The Morgan fingerprint density at radius 2 is 1.82 bits per heavy atom. The van der Waals surface area contributed by atoms with Crippen LogP contribution in [0.3, 0.4) is 0 Å². The van der Waals surface area contributed by atoms with E-state index in [1.165, 1.54) is 0 Å². The van der Waals surface area contributed by atoms with Crippen LogP contribution in [0.5, 0.6) is 0 Å². The summed E-state index contributed by atoms with van der Waals surface area (Å²) in [7, 11) is 2.16. The number of likely N-dealkylation sites (N-methyl/N-ethyl adjacent to an activating group) is 1. The van der Waals surface area contributed by atoms with Crippen LogP contribution in [0, 0.1) is 0 Å². The Labute approximate surface area is 69.5 Å². The largest absolute Gasteiger partial charge is 0.290 e. The summed E-state index contributed by atoms with van der Waals surface area (Å²) in [4.78, 5) is 4.77. The van der Waals surface area contributed by atoms with Crippen molar-refractivity contribution in [2.24, 2.45) is 0 Å². The Kier molecular flexibility index (Phi) is 3.09. The van der Waals surface area contributed by atoms with Gasteiger partial charge in [0.15, 0.2) is 0 Å². The zero-order valence-electron chi connectivity index (χ0n) is 7.75. The minimum Gasteiger partial charge on any atom is -0.290 e. The molecule has 0 spiro atoms. The van der Waals surface area contributed by atoms with E-state index in [9.17, 15) is 0 Å². The Morgan fingerprint density at radius 3 is 2.45 bits per heavy atom. The molecule has 1 aliphatic heterocycles. The van der Waals surface area contributed by atoms with Gasteiger partial charge in [-0.3, -0.25) is 9.80 Å². The van der Waals surface area contributed by atoms with Gasteiger partial charge in [-0.25, -0.2) is 0 Å². The van der Waals surface area contributed by atoms with Crippen molar-refractivity contribution in [3.8, 4) is 0 Å². The lowest BCUT2D eigenvalue weighted by atomic mass is 10.3. The predicted molar refractivity (Wildman–Crippen MR) is 48.5 cm³/mol. The van der Waals surface area contributed by atoms with Crippen LogP contribution in [0.1, 0.15) is 13.8 Å². The highest BCUT2D eigenvalue weighted by Crippen LogP contribution is 2.02. The molecule has 64 valence electrons. The van der Waals surface area contributed by atoms with Gasteiger partial charge in [-0.2, -0.15) is 0 Å². The van der Waals surface area contributed by atoms with Crippen LogP contribution in [-0.2, 0) is 0 Å². The van der Waals surface area contributed by atoms with E-state index < -0.39 is 0 Å². The SMILES string of the molecule is CC(C)N1CC=CCN(C)C1. The molecular formula is C9H18N2. The van der Waals surface area contributed by atoms with Gasteiger partial charge >= 0.3 is 0 Å². The van der Waals surface area contributed by atoms with E-state index >= 15 is 0 Å². The Hall–Kier alpha value is -0.340. The molecule has 0 aliphatic carbocycles. The standard InChI is InChI=1S/C9H18N2/c1-9(2)11-7-5-4-6-10(3)8-11/h4-5,9H,6-8H2,1-3H3. The first-order valence-corrected chi connectivity index (χ1v) is 4.27. The zero-order chi connectivity index (χ0) is 8.27. The van der Waals surface area contributed by atoms with E-state index in [1.807, 2.05) is 0 Å². The molecule has 0 aromatic carbocycles. The second-order valence-corrected chi connectivity index (χ2v) is 3.52. The predicted octanol–water partition coefficient (Wildman–Crippen LogP) is 1.16. The molecule has 0 saturated carbocycles. The van der Waals surface area contributed by atoms with Crippen molar-refractivity contribution >= 4 is 0 Å². The first-order valence-electron chi connectivity index (χ1n) is 4.27. The molecule has 0 N–H and O–H groups in total. The fourth-order valence-corrected chi connectivity index (χ4v) is 1.26. The van der Waals surface area contributed by atoms with Crippen molar-refractivity contribution in [3.05, 3.63) is 12.2 Å². The van der Waals surface area contributed by atoms with Crippen LogP contribution in [0.25, 0.3) is 0 Å². The summed E-state index contributed by atoms with van der Waals surface area (Å²) >= 11 is 0. The average molecular weight is 154 g/mol. The Bertz CT molecular complexity index is 140. The van der Waals surface area contributed by atoms with Crippen molar-refractivity contribution < 1.29 is 0 Å². The van der Waals surface area contributed by atoms with Gasteiger partial charge in [0.05, 0.1) is 6.67 Å². The van der Waals surface area contributed by atoms with Crippen LogP contribution >= 0.6 is 0 Å². The van der Waals surface area contributed by atoms with Crippen LogP contribution in [0.2, 0.25) is 0 Å².